The maximum atomic E-state index is 12.4. The largest absolute Gasteiger partial charge is 0.506 e. The maximum absolute atomic E-state index is 12.4. The van der Waals surface area contributed by atoms with E-state index in [0.717, 1.165) is 6.20 Å². The van der Waals surface area contributed by atoms with Crippen LogP contribution in [-0.4, -0.2) is 22.3 Å². The molecule has 6 heteroatoms. The van der Waals surface area contributed by atoms with E-state index >= 15 is 0 Å². The Morgan fingerprint density at radius 1 is 1.57 bits per heavy atom. The van der Waals surface area contributed by atoms with Gasteiger partial charge in [0.25, 0.3) is 6.43 Å². The van der Waals surface area contributed by atoms with Crippen LogP contribution in [0.25, 0.3) is 0 Å². The van der Waals surface area contributed by atoms with E-state index in [1.807, 2.05) is 0 Å². The van der Waals surface area contributed by atoms with Crippen LogP contribution in [0.3, 0.4) is 0 Å². The molecule has 1 aromatic rings. The van der Waals surface area contributed by atoms with Gasteiger partial charge < -0.3 is 14.9 Å². The second-order valence-electron chi connectivity index (χ2n) is 2.50. The standard InChI is InChI=1S/C8H9F2NO3/c1-14-7-4(3-12)11-2-5(13)6(7)8(9)10/h2,8,12-13H,3H2,1H3. The van der Waals surface area contributed by atoms with Crippen LogP contribution in [0.5, 0.6) is 11.5 Å². The lowest BCUT2D eigenvalue weighted by Gasteiger charge is -2.11. The predicted molar refractivity (Wildman–Crippen MR) is 43.3 cm³/mol. The first kappa shape index (κ1) is 10.6. The molecule has 0 spiro atoms. The number of pyridine rings is 1. The molecule has 0 saturated carbocycles. The zero-order chi connectivity index (χ0) is 10.7. The molecule has 0 amide bonds. The Labute approximate surface area is 78.8 Å². The number of alkyl halides is 2. The number of hydrogen-bond acceptors (Lipinski definition) is 4. The topological polar surface area (TPSA) is 62.6 Å². The zero-order valence-corrected chi connectivity index (χ0v) is 7.37. The molecule has 4 nitrogen and oxygen atoms in total. The highest BCUT2D eigenvalue weighted by atomic mass is 19.3. The van der Waals surface area contributed by atoms with E-state index in [1.165, 1.54) is 7.11 Å². The number of aromatic hydroxyl groups is 1. The Morgan fingerprint density at radius 2 is 2.21 bits per heavy atom. The molecule has 0 unspecified atom stereocenters. The van der Waals surface area contributed by atoms with Gasteiger partial charge in [-0.05, 0) is 0 Å². The van der Waals surface area contributed by atoms with Crippen LogP contribution >= 0.6 is 0 Å². The molecular formula is C8H9F2NO3. The summed E-state index contributed by atoms with van der Waals surface area (Å²) in [6, 6.07) is 0. The van der Waals surface area contributed by atoms with Crippen molar-refractivity contribution in [3.63, 3.8) is 0 Å². The van der Waals surface area contributed by atoms with Gasteiger partial charge in [-0.2, -0.15) is 0 Å². The Morgan fingerprint density at radius 3 is 2.64 bits per heavy atom. The molecule has 0 aromatic carbocycles. The van der Waals surface area contributed by atoms with E-state index in [4.69, 9.17) is 10.2 Å². The lowest BCUT2D eigenvalue weighted by molar-refractivity contribution is 0.141. The van der Waals surface area contributed by atoms with Gasteiger partial charge in [0.05, 0.1) is 19.9 Å². The highest BCUT2D eigenvalue weighted by Gasteiger charge is 2.22. The van der Waals surface area contributed by atoms with Gasteiger partial charge >= 0.3 is 0 Å². The van der Waals surface area contributed by atoms with Crippen molar-refractivity contribution in [3.8, 4) is 11.5 Å². The number of aliphatic hydroxyl groups excluding tert-OH is 1. The van der Waals surface area contributed by atoms with Crippen molar-refractivity contribution in [2.75, 3.05) is 7.11 Å². The summed E-state index contributed by atoms with van der Waals surface area (Å²) in [4.78, 5) is 3.55. The molecule has 14 heavy (non-hydrogen) atoms. The molecule has 0 saturated heterocycles. The molecule has 0 radical (unpaired) electrons. The number of ether oxygens (including phenoxy) is 1. The van der Waals surface area contributed by atoms with Crippen LogP contribution in [0.4, 0.5) is 8.78 Å². The lowest BCUT2D eigenvalue weighted by Crippen LogP contribution is -2.01. The highest BCUT2D eigenvalue weighted by Crippen LogP contribution is 2.37. The summed E-state index contributed by atoms with van der Waals surface area (Å²) < 4.78 is 29.5. The summed E-state index contributed by atoms with van der Waals surface area (Å²) in [5.41, 5.74) is -0.674. The molecule has 0 bridgehead atoms. The van der Waals surface area contributed by atoms with Crippen LogP contribution in [-0.2, 0) is 6.61 Å². The molecule has 0 atom stereocenters. The molecular weight excluding hydrogens is 196 g/mol. The predicted octanol–water partition coefficient (Wildman–Crippen LogP) is 1.23. The fraction of sp³-hybridized carbons (Fsp3) is 0.375. The molecule has 1 aromatic heterocycles. The van der Waals surface area contributed by atoms with E-state index < -0.39 is 24.3 Å². The van der Waals surface area contributed by atoms with Crippen molar-refractivity contribution >= 4 is 0 Å². The molecule has 0 aliphatic carbocycles. The summed E-state index contributed by atoms with van der Waals surface area (Å²) in [6.07, 6.45) is -2.02. The van der Waals surface area contributed by atoms with Gasteiger partial charge in [-0.15, -0.1) is 0 Å². The molecule has 1 heterocycles. The van der Waals surface area contributed by atoms with Crippen molar-refractivity contribution in [1.82, 2.24) is 4.98 Å². The Hall–Kier alpha value is -1.43. The van der Waals surface area contributed by atoms with Crippen molar-refractivity contribution in [1.29, 1.82) is 0 Å². The van der Waals surface area contributed by atoms with Crippen LogP contribution < -0.4 is 4.74 Å². The van der Waals surface area contributed by atoms with E-state index in [-0.39, 0.29) is 11.4 Å². The Bertz CT molecular complexity index is 331. The fourth-order valence-electron chi connectivity index (χ4n) is 1.09. The smallest absolute Gasteiger partial charge is 0.271 e. The van der Waals surface area contributed by atoms with Crippen LogP contribution in [0.2, 0.25) is 0 Å². The summed E-state index contributed by atoms with van der Waals surface area (Å²) in [6.45, 7) is -0.525. The van der Waals surface area contributed by atoms with E-state index in [9.17, 15) is 8.78 Å². The highest BCUT2D eigenvalue weighted by molar-refractivity contribution is 5.46. The SMILES string of the molecule is COc1c(CO)ncc(O)c1C(F)F. The van der Waals surface area contributed by atoms with E-state index in [1.54, 1.807) is 0 Å². The van der Waals surface area contributed by atoms with Gasteiger partial charge in [0.2, 0.25) is 0 Å². The van der Waals surface area contributed by atoms with Gasteiger partial charge in [0.15, 0.2) is 5.75 Å². The average molecular weight is 205 g/mol. The van der Waals surface area contributed by atoms with Crippen molar-refractivity contribution in [2.24, 2.45) is 0 Å². The number of rotatable bonds is 3. The van der Waals surface area contributed by atoms with Crippen LogP contribution in [0.15, 0.2) is 6.20 Å². The summed E-state index contributed by atoms with van der Waals surface area (Å²) in [5, 5.41) is 17.9. The summed E-state index contributed by atoms with van der Waals surface area (Å²) in [5.74, 6) is -0.920. The lowest BCUT2D eigenvalue weighted by atomic mass is 10.2. The number of methoxy groups -OCH3 is 1. The quantitative estimate of drug-likeness (QED) is 0.778. The fourth-order valence-corrected chi connectivity index (χ4v) is 1.09. The van der Waals surface area contributed by atoms with Gasteiger partial charge in [-0.25, -0.2) is 8.78 Å². The minimum atomic E-state index is -2.88. The average Bonchev–Trinajstić information content (AvgIpc) is 2.16. The van der Waals surface area contributed by atoms with Crippen LogP contribution in [0.1, 0.15) is 17.7 Å². The first-order chi connectivity index (χ1) is 6.61. The van der Waals surface area contributed by atoms with Crippen molar-refractivity contribution < 1.29 is 23.7 Å². The van der Waals surface area contributed by atoms with E-state index in [2.05, 4.69) is 9.72 Å². The minimum absolute atomic E-state index is 0.0272. The van der Waals surface area contributed by atoms with Gasteiger partial charge in [-0.1, -0.05) is 0 Å². The molecule has 0 aliphatic rings. The Balaban J connectivity index is 3.35. The number of aliphatic hydroxyl groups is 1. The molecule has 0 aliphatic heterocycles. The summed E-state index contributed by atoms with van der Waals surface area (Å²) >= 11 is 0. The third-order valence-corrected chi connectivity index (χ3v) is 1.70. The molecule has 0 fully saturated rings. The first-order valence-corrected chi connectivity index (χ1v) is 3.75. The zero-order valence-electron chi connectivity index (χ0n) is 7.37. The number of hydrogen-bond donors (Lipinski definition) is 2. The second kappa shape index (κ2) is 4.19. The maximum Gasteiger partial charge on any atom is 0.271 e. The number of halogens is 2. The third-order valence-electron chi connectivity index (χ3n) is 1.70. The second-order valence-corrected chi connectivity index (χ2v) is 2.50. The Kier molecular flexibility index (Phi) is 3.19. The number of nitrogens with zero attached hydrogens (tertiary/aromatic N) is 1. The molecule has 1 rings (SSSR count). The van der Waals surface area contributed by atoms with Crippen molar-refractivity contribution in [2.45, 2.75) is 13.0 Å². The third kappa shape index (κ3) is 1.74. The monoisotopic (exact) mass is 205 g/mol. The van der Waals surface area contributed by atoms with Gasteiger partial charge in [-0.3, -0.25) is 4.98 Å². The molecule has 2 N–H and O–H groups in total. The number of aromatic nitrogens is 1. The van der Waals surface area contributed by atoms with Crippen LogP contribution in [0, 0.1) is 0 Å². The minimum Gasteiger partial charge on any atom is -0.506 e. The molecule has 78 valence electrons. The van der Waals surface area contributed by atoms with E-state index in [0.29, 0.717) is 0 Å². The summed E-state index contributed by atoms with van der Waals surface area (Å²) in [7, 11) is 1.17. The first-order valence-electron chi connectivity index (χ1n) is 3.75. The normalized spacial score (nSPS) is 10.6. The van der Waals surface area contributed by atoms with Gasteiger partial charge in [0.1, 0.15) is 17.0 Å². The van der Waals surface area contributed by atoms with Gasteiger partial charge in [0, 0.05) is 0 Å². The van der Waals surface area contributed by atoms with Crippen molar-refractivity contribution in [3.05, 3.63) is 17.5 Å².